The van der Waals surface area contributed by atoms with Gasteiger partial charge in [0.1, 0.15) is 0 Å². The van der Waals surface area contributed by atoms with Crippen molar-refractivity contribution in [2.75, 3.05) is 4.81 Å². The first-order chi connectivity index (χ1) is 18.9. The lowest BCUT2D eigenvalue weighted by molar-refractivity contribution is 1.37. The van der Waals surface area contributed by atoms with Crippen LogP contribution >= 0.6 is 0 Å². The molecule has 38 heavy (non-hydrogen) atoms. The van der Waals surface area contributed by atoms with Crippen LogP contribution in [-0.2, 0) is 0 Å². The van der Waals surface area contributed by atoms with Crippen molar-refractivity contribution in [1.29, 1.82) is 0 Å². The van der Waals surface area contributed by atoms with Crippen molar-refractivity contribution in [1.82, 2.24) is 0 Å². The zero-order valence-corrected chi connectivity index (χ0v) is 20.7. The van der Waals surface area contributed by atoms with E-state index in [1.54, 1.807) is 0 Å². The normalized spacial score (nSPS) is 13.2. The minimum Gasteiger partial charge on any atom is -0.376 e. The summed E-state index contributed by atoms with van der Waals surface area (Å²) in [5.74, 6) is 0. The number of hydrogen-bond acceptors (Lipinski definition) is 1. The molecule has 0 amide bonds. The highest BCUT2D eigenvalue weighted by molar-refractivity contribution is 6.93. The van der Waals surface area contributed by atoms with Gasteiger partial charge >= 0.3 is 6.85 Å². The van der Waals surface area contributed by atoms with Crippen LogP contribution in [0.5, 0.6) is 0 Å². The first-order valence-corrected chi connectivity index (χ1v) is 13.3. The lowest BCUT2D eigenvalue weighted by Crippen LogP contribution is -2.59. The zero-order chi connectivity index (χ0) is 24.8. The maximum Gasteiger partial charge on any atom is 0.329 e. The van der Waals surface area contributed by atoms with Crippen LogP contribution in [0.3, 0.4) is 0 Å². The molecule has 0 fully saturated rings. The molecule has 0 N–H and O–H groups in total. The second-order valence-electron chi connectivity index (χ2n) is 10.5. The molecule has 0 saturated carbocycles. The Morgan fingerprint density at radius 1 is 0.395 bits per heavy atom. The molecule has 0 spiro atoms. The van der Waals surface area contributed by atoms with Crippen molar-refractivity contribution < 1.29 is 0 Å². The number of rotatable bonds is 0. The standard InChI is InChI=1S/C36H22BN/c1-2-12-26-22-34-30(21-25(26)11-1)35-27-13-5-3-9-23(27)17-19-32(35)37-31-16-8-7-15-29(31)36-28-14-6-4-10-24(28)18-20-33(36)38(34)37/h1-22H. The van der Waals surface area contributed by atoms with Crippen molar-refractivity contribution in [2.45, 2.75) is 0 Å². The van der Waals surface area contributed by atoms with Crippen LogP contribution in [0.2, 0.25) is 0 Å². The van der Waals surface area contributed by atoms with Crippen molar-refractivity contribution in [3.05, 3.63) is 133 Å². The Balaban J connectivity index is 1.48. The lowest BCUT2D eigenvalue weighted by atomic mass is 9.43. The molecule has 0 radical (unpaired) electrons. The molecule has 2 aliphatic heterocycles. The summed E-state index contributed by atoms with van der Waals surface area (Å²) in [5, 5.41) is 7.75. The molecule has 2 heteroatoms. The molecular formula is C36H22BN. The minimum atomic E-state index is 0.105. The molecule has 0 saturated heterocycles. The van der Waals surface area contributed by atoms with Crippen LogP contribution in [0, 0.1) is 0 Å². The summed E-state index contributed by atoms with van der Waals surface area (Å²) < 4.78 is 0. The molecular weight excluding hydrogens is 457 g/mol. The third-order valence-corrected chi connectivity index (χ3v) is 8.60. The van der Waals surface area contributed by atoms with Crippen LogP contribution in [0.4, 0.5) is 11.4 Å². The quantitative estimate of drug-likeness (QED) is 0.199. The van der Waals surface area contributed by atoms with Gasteiger partial charge < -0.3 is 4.81 Å². The van der Waals surface area contributed by atoms with E-state index < -0.39 is 0 Å². The Kier molecular flexibility index (Phi) is 3.93. The van der Waals surface area contributed by atoms with Crippen molar-refractivity contribution in [3.8, 4) is 22.3 Å². The van der Waals surface area contributed by atoms with E-state index in [0.717, 1.165) is 0 Å². The molecule has 0 aromatic heterocycles. The van der Waals surface area contributed by atoms with Crippen LogP contribution < -0.4 is 15.7 Å². The second kappa shape index (κ2) is 7.37. The Morgan fingerprint density at radius 3 is 1.79 bits per heavy atom. The molecule has 0 bridgehead atoms. The maximum atomic E-state index is 2.61. The molecule has 174 valence electrons. The van der Waals surface area contributed by atoms with E-state index in [4.69, 9.17) is 0 Å². The van der Waals surface area contributed by atoms with Crippen molar-refractivity contribution in [3.63, 3.8) is 0 Å². The number of fused-ring (bicyclic) bond motifs is 16. The Bertz CT molecular complexity index is 2110. The van der Waals surface area contributed by atoms with Gasteiger partial charge in [-0.05, 0) is 72.6 Å². The summed E-state index contributed by atoms with van der Waals surface area (Å²) in [4.78, 5) is 2.61. The summed E-state index contributed by atoms with van der Waals surface area (Å²) in [6, 6.07) is 49.6. The number of nitrogens with zero attached hydrogens (tertiary/aromatic N) is 1. The number of hydrogen-bond donors (Lipinski definition) is 0. The van der Waals surface area contributed by atoms with E-state index in [0.29, 0.717) is 0 Å². The predicted octanol–water partition coefficient (Wildman–Crippen LogP) is 8.05. The second-order valence-corrected chi connectivity index (χ2v) is 10.5. The van der Waals surface area contributed by atoms with E-state index in [1.165, 1.54) is 76.9 Å². The van der Waals surface area contributed by atoms with E-state index >= 15 is 0 Å². The maximum absolute atomic E-state index is 2.61. The summed E-state index contributed by atoms with van der Waals surface area (Å²) >= 11 is 0. The van der Waals surface area contributed by atoms with Gasteiger partial charge in [-0.15, -0.1) is 0 Å². The molecule has 0 unspecified atom stereocenters. The molecule has 2 aliphatic rings. The Morgan fingerprint density at radius 2 is 1.00 bits per heavy atom. The third kappa shape index (κ3) is 2.57. The fourth-order valence-electron chi connectivity index (χ4n) is 7.01. The number of anilines is 2. The Labute approximate surface area is 221 Å². The monoisotopic (exact) mass is 479 g/mol. The van der Waals surface area contributed by atoms with Gasteiger partial charge in [-0.3, -0.25) is 0 Å². The van der Waals surface area contributed by atoms with Crippen LogP contribution in [-0.4, -0.2) is 6.85 Å². The first kappa shape index (κ1) is 20.3. The zero-order valence-electron chi connectivity index (χ0n) is 20.7. The summed E-state index contributed by atoms with van der Waals surface area (Å²) in [5.41, 5.74) is 10.6. The molecule has 0 aliphatic carbocycles. The molecule has 1 nitrogen and oxygen atoms in total. The largest absolute Gasteiger partial charge is 0.376 e. The molecule has 7 aromatic rings. The highest BCUT2D eigenvalue weighted by atomic mass is 15.1. The van der Waals surface area contributed by atoms with Gasteiger partial charge in [-0.2, -0.15) is 0 Å². The topological polar surface area (TPSA) is 3.24 Å². The van der Waals surface area contributed by atoms with Crippen molar-refractivity contribution in [2.24, 2.45) is 0 Å². The van der Waals surface area contributed by atoms with Gasteiger partial charge in [0.2, 0.25) is 0 Å². The lowest BCUT2D eigenvalue weighted by Gasteiger charge is -2.44. The van der Waals surface area contributed by atoms with E-state index in [9.17, 15) is 0 Å². The fourth-order valence-corrected chi connectivity index (χ4v) is 7.01. The average molecular weight is 479 g/mol. The minimum absolute atomic E-state index is 0.105. The third-order valence-electron chi connectivity index (χ3n) is 8.60. The van der Waals surface area contributed by atoms with Gasteiger partial charge in [-0.25, -0.2) is 0 Å². The van der Waals surface area contributed by atoms with Gasteiger partial charge in [-0.1, -0.05) is 115 Å². The summed E-state index contributed by atoms with van der Waals surface area (Å²) in [7, 11) is 0. The SMILES string of the molecule is c1ccc2c(c1)B1c3ccc4ccccc4c3-c3cc4ccccc4cc3N1c1ccc3ccccc3c1-2. The van der Waals surface area contributed by atoms with Gasteiger partial charge in [0, 0.05) is 22.5 Å². The highest BCUT2D eigenvalue weighted by Gasteiger charge is 2.43. The molecule has 9 rings (SSSR count). The van der Waals surface area contributed by atoms with Crippen LogP contribution in [0.1, 0.15) is 0 Å². The molecule has 7 aromatic carbocycles. The fraction of sp³-hybridized carbons (Fsp3) is 0. The first-order valence-electron chi connectivity index (χ1n) is 13.3. The van der Waals surface area contributed by atoms with Crippen LogP contribution in [0.15, 0.2) is 133 Å². The average Bonchev–Trinajstić information content (AvgIpc) is 2.99. The molecule has 0 atom stereocenters. The van der Waals surface area contributed by atoms with Crippen molar-refractivity contribution >= 4 is 61.5 Å². The van der Waals surface area contributed by atoms with E-state index in [-0.39, 0.29) is 6.85 Å². The van der Waals surface area contributed by atoms with Gasteiger partial charge in [0.25, 0.3) is 0 Å². The summed E-state index contributed by atoms with van der Waals surface area (Å²) in [6.07, 6.45) is 0. The Hall–Kier alpha value is -4.82. The van der Waals surface area contributed by atoms with Crippen LogP contribution in [0.25, 0.3) is 54.6 Å². The highest BCUT2D eigenvalue weighted by Crippen LogP contribution is 2.50. The smallest absolute Gasteiger partial charge is 0.329 e. The van der Waals surface area contributed by atoms with E-state index in [2.05, 4.69) is 138 Å². The van der Waals surface area contributed by atoms with Gasteiger partial charge in [0.05, 0.1) is 0 Å². The van der Waals surface area contributed by atoms with E-state index in [1.807, 2.05) is 0 Å². The van der Waals surface area contributed by atoms with Gasteiger partial charge in [0.15, 0.2) is 0 Å². The molecule has 2 heterocycles. The summed E-state index contributed by atoms with van der Waals surface area (Å²) in [6.45, 7) is 0.105. The number of benzene rings is 7. The predicted molar refractivity (Wildman–Crippen MR) is 163 cm³/mol.